The maximum atomic E-state index is 9.67. The Morgan fingerprint density at radius 1 is 0.667 bits per heavy atom. The average Bonchev–Trinajstić information content (AvgIpc) is 3.64. The predicted octanol–water partition coefficient (Wildman–Crippen LogP) is 10.7. The number of nitriles is 1. The summed E-state index contributed by atoms with van der Waals surface area (Å²) in [7, 11) is 0. The lowest BCUT2D eigenvalue weighted by atomic mass is 9.68. The topological polar surface area (TPSA) is 28.1 Å². The molecule has 0 saturated carbocycles. The van der Waals surface area contributed by atoms with Crippen LogP contribution in [0.3, 0.4) is 0 Å². The van der Waals surface area contributed by atoms with E-state index in [0.29, 0.717) is 0 Å². The Hall–Kier alpha value is -5.22. The zero-order valence-corrected chi connectivity index (χ0v) is 24.0. The van der Waals surface area contributed by atoms with Crippen molar-refractivity contribution in [3.05, 3.63) is 149 Å². The van der Waals surface area contributed by atoms with Crippen LogP contribution in [0.5, 0.6) is 0 Å². The Bertz CT molecular complexity index is 2230. The van der Waals surface area contributed by atoms with Crippen molar-refractivity contribution in [1.29, 1.82) is 5.26 Å². The molecule has 6 aromatic rings. The molecule has 0 atom stereocenters. The molecule has 0 radical (unpaired) electrons. The van der Waals surface area contributed by atoms with E-state index in [-0.39, 0.29) is 11.1 Å². The summed E-state index contributed by atoms with van der Waals surface area (Å²) in [4.78, 5) is 5.98. The lowest BCUT2D eigenvalue weighted by molar-refractivity contribution is 0.645. The zero-order chi connectivity index (χ0) is 28.6. The Labute approximate surface area is 249 Å². The molecule has 2 aliphatic rings. The second-order valence-electron chi connectivity index (χ2n) is 11.5. The van der Waals surface area contributed by atoms with E-state index in [1.54, 1.807) is 11.3 Å². The van der Waals surface area contributed by atoms with Gasteiger partial charge in [0.05, 0.1) is 12.6 Å². The highest BCUT2D eigenvalue weighted by Gasteiger charge is 2.33. The summed E-state index contributed by atoms with van der Waals surface area (Å²) in [6.07, 6.45) is 0. The Balaban J connectivity index is 1.27. The van der Waals surface area contributed by atoms with Crippen LogP contribution in [0.2, 0.25) is 0 Å². The van der Waals surface area contributed by atoms with Gasteiger partial charge in [-0.25, -0.2) is 10.1 Å². The van der Waals surface area contributed by atoms with Crippen LogP contribution < -0.4 is 0 Å². The van der Waals surface area contributed by atoms with Crippen molar-refractivity contribution in [2.45, 2.75) is 19.3 Å². The van der Waals surface area contributed by atoms with Crippen molar-refractivity contribution in [3.63, 3.8) is 0 Å². The van der Waals surface area contributed by atoms with Gasteiger partial charge in [-0.3, -0.25) is 0 Å². The van der Waals surface area contributed by atoms with Crippen molar-refractivity contribution >= 4 is 27.7 Å². The molecule has 5 aromatic carbocycles. The Morgan fingerprint density at radius 3 is 2.14 bits per heavy atom. The van der Waals surface area contributed by atoms with Crippen LogP contribution in [0.15, 0.2) is 115 Å². The first kappa shape index (κ1) is 24.6. The molecular formula is C39H24N2S. The number of thiophene rings is 1. The maximum absolute atomic E-state index is 9.67. The third-order valence-electron chi connectivity index (χ3n) is 8.99. The average molecular weight is 553 g/mol. The molecule has 0 saturated heterocycles. The summed E-state index contributed by atoms with van der Waals surface area (Å²) in [5.41, 5.74) is 12.7. The van der Waals surface area contributed by atoms with Crippen LogP contribution in [0, 0.1) is 17.9 Å². The van der Waals surface area contributed by atoms with Crippen molar-refractivity contribution in [3.8, 4) is 49.2 Å². The minimum absolute atomic E-state index is 0.0744. The lowest BCUT2D eigenvalue weighted by Crippen LogP contribution is -2.23. The molecule has 0 unspecified atom stereocenters. The first-order valence-electron chi connectivity index (χ1n) is 14.0. The van der Waals surface area contributed by atoms with E-state index in [9.17, 15) is 5.26 Å². The van der Waals surface area contributed by atoms with Gasteiger partial charge < -0.3 is 0 Å². The Kier molecular flexibility index (Phi) is 5.20. The molecule has 0 fully saturated rings. The van der Waals surface area contributed by atoms with Gasteiger partial charge in [-0.2, -0.15) is 0 Å². The van der Waals surface area contributed by atoms with Gasteiger partial charge in [0.15, 0.2) is 0 Å². The smallest absolute Gasteiger partial charge is 0.226 e. The molecule has 196 valence electrons. The standard InChI is InChI=1S/C39H24N2S/c1-39(2)32-13-7-6-10-25(32)29-18-17-26(28-12-8-14-33(39)37(28)29)36-20-19-35(42-36)23-15-16-30-31(21-23)24-9-4-5-11-27(24)38(30)34(22-40)41-3/h4-21H,1-2H3/b38-34-. The summed E-state index contributed by atoms with van der Waals surface area (Å²) in [5, 5.41) is 12.3. The molecule has 1 heterocycles. The molecule has 42 heavy (non-hydrogen) atoms. The minimum Gasteiger partial charge on any atom is -0.226 e. The SMILES string of the molecule is [C-]#[N+]/C(C#N)=C1/c2ccccc2-c2cc(-c3ccc(-c4ccc5c6c(cccc46)C(C)(C)c4ccccc4-5)s3)ccc21. The van der Waals surface area contributed by atoms with Gasteiger partial charge in [-0.05, 0) is 84.6 Å². The molecule has 0 N–H and O–H groups in total. The van der Waals surface area contributed by atoms with E-state index in [1.807, 2.05) is 18.2 Å². The van der Waals surface area contributed by atoms with Crippen LogP contribution in [-0.2, 0) is 5.41 Å². The second-order valence-corrected chi connectivity index (χ2v) is 12.6. The van der Waals surface area contributed by atoms with Gasteiger partial charge >= 0.3 is 0 Å². The zero-order valence-electron chi connectivity index (χ0n) is 23.2. The predicted molar refractivity (Wildman–Crippen MR) is 174 cm³/mol. The van der Waals surface area contributed by atoms with E-state index >= 15 is 0 Å². The first-order valence-corrected chi connectivity index (χ1v) is 14.9. The Morgan fingerprint density at radius 2 is 1.33 bits per heavy atom. The van der Waals surface area contributed by atoms with Gasteiger partial charge in [0.25, 0.3) is 5.70 Å². The van der Waals surface area contributed by atoms with E-state index < -0.39 is 0 Å². The molecule has 3 heteroatoms. The van der Waals surface area contributed by atoms with Crippen LogP contribution >= 0.6 is 11.3 Å². The number of allylic oxidation sites excluding steroid dienone is 1. The number of nitrogens with zero attached hydrogens (tertiary/aromatic N) is 2. The maximum Gasteiger partial charge on any atom is 0.270 e. The van der Waals surface area contributed by atoms with E-state index in [2.05, 4.69) is 116 Å². The van der Waals surface area contributed by atoms with Gasteiger partial charge in [0.1, 0.15) is 0 Å². The number of hydrogen-bond donors (Lipinski definition) is 0. The molecule has 0 bridgehead atoms. The van der Waals surface area contributed by atoms with Crippen LogP contribution in [-0.4, -0.2) is 0 Å². The molecule has 1 aromatic heterocycles. The quantitative estimate of drug-likeness (QED) is 0.155. The van der Waals surface area contributed by atoms with Gasteiger partial charge in [-0.15, -0.1) is 11.3 Å². The van der Waals surface area contributed by atoms with E-state index in [0.717, 1.165) is 33.4 Å². The lowest BCUT2D eigenvalue weighted by Gasteiger charge is -2.35. The summed E-state index contributed by atoms with van der Waals surface area (Å²) in [6.45, 7) is 12.2. The largest absolute Gasteiger partial charge is 0.270 e. The molecule has 8 rings (SSSR count). The highest BCUT2D eigenvalue weighted by atomic mass is 32.1. The molecule has 2 nitrogen and oxygen atoms in total. The second kappa shape index (κ2) is 8.89. The number of fused-ring (bicyclic) bond motifs is 5. The minimum atomic E-state index is -0.0744. The molecule has 0 spiro atoms. The normalized spacial score (nSPS) is 14.9. The first-order chi connectivity index (χ1) is 20.5. The van der Waals surface area contributed by atoms with Crippen LogP contribution in [0.4, 0.5) is 0 Å². The molecular weight excluding hydrogens is 529 g/mol. The fraction of sp³-hybridized carbons (Fsp3) is 0.0769. The fourth-order valence-electron chi connectivity index (χ4n) is 7.02. The van der Waals surface area contributed by atoms with Crippen molar-refractivity contribution in [2.24, 2.45) is 0 Å². The van der Waals surface area contributed by atoms with Crippen molar-refractivity contribution in [2.75, 3.05) is 0 Å². The van der Waals surface area contributed by atoms with Gasteiger partial charge in [-0.1, -0.05) is 105 Å². The highest BCUT2D eigenvalue weighted by molar-refractivity contribution is 7.18. The van der Waals surface area contributed by atoms with E-state index in [4.69, 9.17) is 6.57 Å². The summed E-state index contributed by atoms with van der Waals surface area (Å²) < 4.78 is 0. The third-order valence-corrected chi connectivity index (χ3v) is 10.2. The van der Waals surface area contributed by atoms with Gasteiger partial charge in [0.2, 0.25) is 0 Å². The van der Waals surface area contributed by atoms with Crippen molar-refractivity contribution in [1.82, 2.24) is 0 Å². The monoisotopic (exact) mass is 552 g/mol. The van der Waals surface area contributed by atoms with Crippen molar-refractivity contribution < 1.29 is 0 Å². The molecule has 2 aliphatic carbocycles. The van der Waals surface area contributed by atoms with E-state index in [1.165, 1.54) is 48.3 Å². The molecule has 0 aliphatic heterocycles. The molecule has 0 amide bonds. The summed E-state index contributed by atoms with van der Waals surface area (Å²) in [5.74, 6) is 0. The number of hydrogen-bond acceptors (Lipinski definition) is 2. The number of benzene rings is 5. The van der Waals surface area contributed by atoms with Crippen LogP contribution in [0.25, 0.3) is 64.3 Å². The highest BCUT2D eigenvalue weighted by Crippen LogP contribution is 2.51. The number of rotatable bonds is 2. The van der Waals surface area contributed by atoms with Gasteiger partial charge in [0, 0.05) is 20.7 Å². The summed E-state index contributed by atoms with van der Waals surface area (Å²) >= 11 is 1.81. The third kappa shape index (κ3) is 3.29. The summed E-state index contributed by atoms with van der Waals surface area (Å²) in [6, 6.07) is 41.2. The fourth-order valence-corrected chi connectivity index (χ4v) is 8.07. The van der Waals surface area contributed by atoms with Crippen LogP contribution in [0.1, 0.15) is 36.1 Å².